The normalized spacial score (nSPS) is 15.1. The molecule has 2 atom stereocenters. The number of halogens is 2. The van der Waals surface area contributed by atoms with E-state index >= 15 is 4.39 Å². The van der Waals surface area contributed by atoms with Gasteiger partial charge in [0.1, 0.15) is 41.6 Å². The number of carbonyl (C=O) groups is 1. The average Bonchev–Trinajstić information content (AvgIpc) is 3.71. The lowest BCUT2D eigenvalue weighted by Gasteiger charge is -2.22. The third-order valence-electron chi connectivity index (χ3n) is 7.52. The molecule has 0 fully saturated rings. The van der Waals surface area contributed by atoms with E-state index in [0.29, 0.717) is 46.0 Å². The summed E-state index contributed by atoms with van der Waals surface area (Å²) in [6, 6.07) is 7.11. The Hall–Kier alpha value is -4.56. The van der Waals surface area contributed by atoms with E-state index < -0.39 is 23.9 Å². The molecule has 0 spiro atoms. The molecule has 10 nitrogen and oxygen atoms in total. The molecule has 45 heavy (non-hydrogen) atoms. The second kappa shape index (κ2) is 12.8. The first-order valence-corrected chi connectivity index (χ1v) is 15.1. The fourth-order valence-corrected chi connectivity index (χ4v) is 6.27. The number of nitrogens with zero attached hydrogens (tertiary/aromatic N) is 3. The Morgan fingerprint density at radius 2 is 2.09 bits per heavy atom. The Balaban J connectivity index is 1.59. The molecule has 5 heterocycles. The van der Waals surface area contributed by atoms with Crippen molar-refractivity contribution in [2.75, 3.05) is 20.3 Å². The zero-order chi connectivity index (χ0) is 31.7. The number of aliphatic hydroxyl groups excluding tert-OH is 1. The van der Waals surface area contributed by atoms with E-state index in [1.807, 2.05) is 17.5 Å². The Morgan fingerprint density at radius 3 is 2.89 bits per heavy atom. The van der Waals surface area contributed by atoms with Crippen molar-refractivity contribution in [1.29, 1.82) is 0 Å². The summed E-state index contributed by atoms with van der Waals surface area (Å²) in [6.45, 7) is 6.00. The first-order chi connectivity index (χ1) is 21.8. The fourth-order valence-electron chi connectivity index (χ4n) is 5.32. The molecule has 1 amide bonds. The molecule has 0 radical (unpaired) electrons. The highest BCUT2D eigenvalue weighted by Crippen LogP contribution is 2.47. The molecular formula is C32H30F2N6O4S. The van der Waals surface area contributed by atoms with Crippen molar-refractivity contribution in [2.45, 2.75) is 32.2 Å². The molecule has 0 aliphatic carbocycles. The van der Waals surface area contributed by atoms with Crippen LogP contribution in [0.15, 0.2) is 54.6 Å². The van der Waals surface area contributed by atoms with Gasteiger partial charge in [-0.1, -0.05) is 6.58 Å². The van der Waals surface area contributed by atoms with E-state index in [-0.39, 0.29) is 30.4 Å². The van der Waals surface area contributed by atoms with E-state index in [1.165, 1.54) is 24.5 Å². The topological polar surface area (TPSA) is 134 Å². The maximum atomic E-state index is 15.9. The van der Waals surface area contributed by atoms with Crippen molar-refractivity contribution in [1.82, 2.24) is 30.8 Å². The number of nitrogens with one attached hydrogen (secondary N) is 3. The first kappa shape index (κ1) is 30.5. The van der Waals surface area contributed by atoms with Gasteiger partial charge in [-0.15, -0.1) is 11.3 Å². The van der Waals surface area contributed by atoms with E-state index in [2.05, 4.69) is 32.4 Å². The number of hydrogen-bond acceptors (Lipinski definition) is 9. The van der Waals surface area contributed by atoms with Crippen LogP contribution in [0.5, 0.6) is 5.75 Å². The van der Waals surface area contributed by atoms with Gasteiger partial charge < -0.3 is 19.9 Å². The van der Waals surface area contributed by atoms with Crippen molar-refractivity contribution >= 4 is 27.3 Å². The van der Waals surface area contributed by atoms with E-state index in [1.54, 1.807) is 19.2 Å². The van der Waals surface area contributed by atoms with Gasteiger partial charge in [0.2, 0.25) is 5.91 Å². The van der Waals surface area contributed by atoms with Crippen LogP contribution in [0, 0.1) is 11.6 Å². The van der Waals surface area contributed by atoms with Crippen LogP contribution in [0.1, 0.15) is 29.9 Å². The SMILES string of the molecule is C=CC(=O)NC(C)c1cc(-c2nc(-c3cnc4c(c3)CNC(O)C4)c3ccsc3c2-c2c(F)cc(F)cc2OCCOC)n[nH]1. The van der Waals surface area contributed by atoms with E-state index in [0.717, 1.165) is 34.3 Å². The first-order valence-electron chi connectivity index (χ1n) is 14.2. The third kappa shape index (κ3) is 6.07. The van der Waals surface area contributed by atoms with Crippen molar-refractivity contribution in [3.05, 3.63) is 83.1 Å². The smallest absolute Gasteiger partial charge is 0.243 e. The predicted molar refractivity (Wildman–Crippen MR) is 166 cm³/mol. The summed E-state index contributed by atoms with van der Waals surface area (Å²) < 4.78 is 42.1. The van der Waals surface area contributed by atoms with Gasteiger partial charge in [0, 0.05) is 65.3 Å². The summed E-state index contributed by atoms with van der Waals surface area (Å²) in [7, 11) is 1.51. The minimum atomic E-state index is -0.824. The number of pyridine rings is 2. The zero-order valence-corrected chi connectivity index (χ0v) is 25.3. The van der Waals surface area contributed by atoms with Gasteiger partial charge >= 0.3 is 0 Å². The van der Waals surface area contributed by atoms with Crippen LogP contribution in [0.4, 0.5) is 8.78 Å². The predicted octanol–water partition coefficient (Wildman–Crippen LogP) is 5.05. The molecular weight excluding hydrogens is 602 g/mol. The van der Waals surface area contributed by atoms with Gasteiger partial charge in [-0.25, -0.2) is 13.8 Å². The van der Waals surface area contributed by atoms with Gasteiger partial charge in [-0.3, -0.25) is 20.2 Å². The monoisotopic (exact) mass is 632 g/mol. The van der Waals surface area contributed by atoms with Gasteiger partial charge in [0.15, 0.2) is 0 Å². The van der Waals surface area contributed by atoms with Gasteiger partial charge in [-0.05, 0) is 42.1 Å². The summed E-state index contributed by atoms with van der Waals surface area (Å²) in [5.41, 5.74) is 4.73. The Labute approximate surface area is 261 Å². The average molecular weight is 633 g/mol. The second-order valence-corrected chi connectivity index (χ2v) is 11.4. The highest BCUT2D eigenvalue weighted by atomic mass is 32.1. The number of rotatable bonds is 10. The highest BCUT2D eigenvalue weighted by Gasteiger charge is 2.27. The molecule has 2 unspecified atom stereocenters. The van der Waals surface area contributed by atoms with Crippen LogP contribution in [0.3, 0.4) is 0 Å². The molecule has 5 aromatic rings. The molecule has 1 aliphatic heterocycles. The van der Waals surface area contributed by atoms with Crippen LogP contribution >= 0.6 is 11.3 Å². The maximum absolute atomic E-state index is 15.9. The molecule has 1 aliphatic rings. The Bertz CT molecular complexity index is 1910. The van der Waals surface area contributed by atoms with Crippen molar-refractivity contribution < 1.29 is 28.2 Å². The van der Waals surface area contributed by atoms with Crippen molar-refractivity contribution in [3.8, 4) is 39.5 Å². The summed E-state index contributed by atoms with van der Waals surface area (Å²) >= 11 is 1.38. The van der Waals surface area contributed by atoms with Crippen molar-refractivity contribution in [2.24, 2.45) is 0 Å². The van der Waals surface area contributed by atoms with Gasteiger partial charge in [-0.2, -0.15) is 5.10 Å². The summed E-state index contributed by atoms with van der Waals surface area (Å²) in [6.07, 6.45) is 2.60. The molecule has 1 aromatic carbocycles. The lowest BCUT2D eigenvalue weighted by atomic mass is 9.95. The number of benzene rings is 1. The minimum absolute atomic E-state index is 0.00231. The van der Waals surface area contributed by atoms with Crippen molar-refractivity contribution in [3.63, 3.8) is 0 Å². The van der Waals surface area contributed by atoms with Gasteiger partial charge in [0.05, 0.1) is 29.6 Å². The molecule has 13 heteroatoms. The second-order valence-electron chi connectivity index (χ2n) is 10.5. The number of aromatic amines is 1. The Kier molecular flexibility index (Phi) is 8.67. The highest BCUT2D eigenvalue weighted by molar-refractivity contribution is 7.18. The molecule has 4 N–H and O–H groups in total. The number of aromatic nitrogens is 4. The molecule has 6 rings (SSSR count). The van der Waals surface area contributed by atoms with E-state index in [9.17, 15) is 14.3 Å². The summed E-state index contributed by atoms with van der Waals surface area (Å²) in [5.74, 6) is -1.97. The number of aliphatic hydroxyl groups is 1. The fraction of sp³-hybridized carbons (Fsp3) is 0.250. The zero-order valence-electron chi connectivity index (χ0n) is 24.5. The molecule has 0 saturated carbocycles. The lowest BCUT2D eigenvalue weighted by Crippen LogP contribution is -2.35. The number of hydrogen-bond donors (Lipinski definition) is 4. The van der Waals surface area contributed by atoms with Crippen LogP contribution in [0.25, 0.3) is 43.9 Å². The Morgan fingerprint density at radius 1 is 1.24 bits per heavy atom. The largest absolute Gasteiger partial charge is 0.490 e. The number of H-pyrrole nitrogens is 1. The molecule has 4 aromatic heterocycles. The van der Waals surface area contributed by atoms with Crippen LogP contribution in [-0.2, 0) is 22.5 Å². The number of fused-ring (bicyclic) bond motifs is 2. The van der Waals surface area contributed by atoms with E-state index in [4.69, 9.17) is 14.5 Å². The van der Waals surface area contributed by atoms with Crippen LogP contribution < -0.4 is 15.4 Å². The summed E-state index contributed by atoms with van der Waals surface area (Å²) in [4.78, 5) is 21.7. The minimum Gasteiger partial charge on any atom is -0.490 e. The molecule has 0 bridgehead atoms. The summed E-state index contributed by atoms with van der Waals surface area (Å²) in [5, 5.41) is 25.9. The molecule has 0 saturated heterocycles. The lowest BCUT2D eigenvalue weighted by molar-refractivity contribution is -0.117. The van der Waals surface area contributed by atoms with Crippen LogP contribution in [-0.4, -0.2) is 57.7 Å². The maximum Gasteiger partial charge on any atom is 0.243 e. The number of amides is 1. The number of methoxy groups -OCH3 is 1. The van der Waals surface area contributed by atoms with Gasteiger partial charge in [0.25, 0.3) is 0 Å². The number of carbonyl (C=O) groups excluding carboxylic acids is 1. The number of ether oxygens (including phenoxy) is 2. The van der Waals surface area contributed by atoms with Crippen LogP contribution in [0.2, 0.25) is 0 Å². The quantitative estimate of drug-likeness (QED) is 0.124. The molecule has 232 valence electrons. The third-order valence-corrected chi connectivity index (χ3v) is 8.45. The standard InChI is InChI=1S/C32H30F2N6O4S/c1-4-26(41)37-16(2)22-12-24(40-39-22)31-29(28-21(34)10-19(33)11-25(28)44-7-6-43-3)32-20(5-8-45-32)30(38-31)18-9-17-14-36-27(42)13-23(17)35-15-18/h4-5,8-12,15-16,27,36,42H,1,6-7,13-14H2,2-3H3,(H,37,41)(H,39,40). The number of thiophene rings is 1.